The maximum atomic E-state index is 13.3. The van der Waals surface area contributed by atoms with E-state index in [1.54, 1.807) is 11.8 Å². The van der Waals surface area contributed by atoms with E-state index in [0.717, 1.165) is 16.9 Å². The van der Waals surface area contributed by atoms with E-state index in [0.29, 0.717) is 13.1 Å². The number of hydrogen-bond donors (Lipinski definition) is 1. The number of carbonyl (C=O) groups is 1. The van der Waals surface area contributed by atoms with Gasteiger partial charge in [0.05, 0.1) is 19.2 Å². The van der Waals surface area contributed by atoms with Crippen molar-refractivity contribution in [2.24, 2.45) is 0 Å². The lowest BCUT2D eigenvalue weighted by Gasteiger charge is -2.30. The molecule has 0 spiro atoms. The summed E-state index contributed by atoms with van der Waals surface area (Å²) in [6, 6.07) is 29.4. The van der Waals surface area contributed by atoms with Gasteiger partial charge in [-0.25, -0.2) is 0 Å². The highest BCUT2D eigenvalue weighted by molar-refractivity contribution is 5.96. The third-order valence-corrected chi connectivity index (χ3v) is 4.48. The van der Waals surface area contributed by atoms with Crippen LogP contribution in [0.2, 0.25) is 0 Å². The summed E-state index contributed by atoms with van der Waals surface area (Å²) in [5, 5.41) is 9.92. The summed E-state index contributed by atoms with van der Waals surface area (Å²) in [5.41, 5.74) is 2.85. The van der Waals surface area contributed by atoms with Gasteiger partial charge in [-0.1, -0.05) is 66.7 Å². The molecule has 0 saturated heterocycles. The highest BCUT2D eigenvalue weighted by Gasteiger charge is 2.20. The number of hydrogen-bond acceptors (Lipinski definition) is 3. The molecule has 4 nitrogen and oxygen atoms in total. The molecule has 0 aliphatic rings. The number of carbonyl (C=O) groups excluding carboxylic acids is 1. The van der Waals surface area contributed by atoms with Gasteiger partial charge in [0.1, 0.15) is 0 Å². The summed E-state index contributed by atoms with van der Waals surface area (Å²) in [6.45, 7) is 2.82. The van der Waals surface area contributed by atoms with E-state index in [-0.39, 0.29) is 12.5 Å². The molecule has 3 rings (SSSR count). The Morgan fingerprint density at radius 1 is 0.821 bits per heavy atom. The minimum Gasteiger partial charge on any atom is -0.392 e. The predicted octanol–water partition coefficient (Wildman–Crippen LogP) is 4.11. The first-order valence-electron chi connectivity index (χ1n) is 9.51. The van der Waals surface area contributed by atoms with Crippen molar-refractivity contribution in [3.8, 4) is 0 Å². The van der Waals surface area contributed by atoms with Gasteiger partial charge in [0.2, 0.25) is 5.91 Å². The summed E-state index contributed by atoms with van der Waals surface area (Å²) >= 11 is 0. The molecule has 1 amide bonds. The van der Waals surface area contributed by atoms with E-state index in [9.17, 15) is 9.90 Å². The Morgan fingerprint density at radius 2 is 1.32 bits per heavy atom. The Labute approximate surface area is 166 Å². The lowest BCUT2D eigenvalue weighted by atomic mass is 10.2. The van der Waals surface area contributed by atoms with Gasteiger partial charge in [0, 0.05) is 17.9 Å². The van der Waals surface area contributed by atoms with Crippen LogP contribution in [-0.4, -0.2) is 30.2 Å². The summed E-state index contributed by atoms with van der Waals surface area (Å²) in [6.07, 6.45) is -0.535. The van der Waals surface area contributed by atoms with Gasteiger partial charge in [0.25, 0.3) is 0 Å². The Bertz CT molecular complexity index is 852. The Morgan fingerprint density at radius 3 is 1.86 bits per heavy atom. The number of anilines is 2. The summed E-state index contributed by atoms with van der Waals surface area (Å²) in [7, 11) is 0. The zero-order valence-corrected chi connectivity index (χ0v) is 16.1. The fourth-order valence-electron chi connectivity index (χ4n) is 3.17. The monoisotopic (exact) mass is 374 g/mol. The van der Waals surface area contributed by atoms with E-state index in [4.69, 9.17) is 0 Å². The van der Waals surface area contributed by atoms with Crippen molar-refractivity contribution in [3.63, 3.8) is 0 Å². The zero-order valence-electron chi connectivity index (χ0n) is 16.1. The molecule has 0 saturated carbocycles. The van der Waals surface area contributed by atoms with Gasteiger partial charge < -0.3 is 14.9 Å². The van der Waals surface area contributed by atoms with E-state index in [2.05, 4.69) is 0 Å². The molecule has 3 aromatic rings. The minimum atomic E-state index is -0.535. The topological polar surface area (TPSA) is 43.8 Å². The number of nitrogens with zero attached hydrogens (tertiary/aromatic N) is 2. The van der Waals surface area contributed by atoms with Crippen LogP contribution in [0.5, 0.6) is 0 Å². The lowest BCUT2D eigenvalue weighted by molar-refractivity contribution is -0.117. The molecular formula is C24H26N2O2. The Kier molecular flexibility index (Phi) is 6.82. The van der Waals surface area contributed by atoms with Crippen molar-refractivity contribution in [1.82, 2.24) is 0 Å². The van der Waals surface area contributed by atoms with Crippen molar-refractivity contribution in [1.29, 1.82) is 0 Å². The third kappa shape index (κ3) is 5.44. The Balaban J connectivity index is 1.85. The van der Waals surface area contributed by atoms with Gasteiger partial charge in [-0.05, 0) is 36.8 Å². The number of amides is 1. The minimum absolute atomic E-state index is 0.0143. The van der Waals surface area contributed by atoms with Crippen LogP contribution in [0.1, 0.15) is 12.5 Å². The average molecular weight is 374 g/mol. The fraction of sp³-hybridized carbons (Fsp3) is 0.208. The summed E-state index contributed by atoms with van der Waals surface area (Å²) in [4.78, 5) is 17.0. The van der Waals surface area contributed by atoms with E-state index in [1.807, 2.05) is 95.9 Å². The average Bonchev–Trinajstić information content (AvgIpc) is 2.73. The zero-order chi connectivity index (χ0) is 19.8. The molecule has 0 aromatic heterocycles. The quantitative estimate of drug-likeness (QED) is 0.645. The smallest absolute Gasteiger partial charge is 0.246 e. The molecule has 0 fully saturated rings. The van der Waals surface area contributed by atoms with Gasteiger partial charge in [-0.3, -0.25) is 4.79 Å². The van der Waals surface area contributed by atoms with Crippen molar-refractivity contribution in [3.05, 3.63) is 96.6 Å². The first kappa shape index (κ1) is 19.6. The highest BCUT2D eigenvalue weighted by atomic mass is 16.3. The van der Waals surface area contributed by atoms with Crippen LogP contribution in [0.4, 0.5) is 11.4 Å². The van der Waals surface area contributed by atoms with Crippen LogP contribution in [0.25, 0.3) is 0 Å². The molecule has 4 heteroatoms. The standard InChI is InChI=1S/C24H26N2O2/c1-20(27)17-25(22-13-7-3-8-14-22)19-24(28)26(23-15-9-4-10-16-23)18-21-11-5-2-6-12-21/h2-16,20,27H,17-19H2,1H3. The fourth-order valence-corrected chi connectivity index (χ4v) is 3.17. The third-order valence-electron chi connectivity index (χ3n) is 4.48. The first-order valence-corrected chi connectivity index (χ1v) is 9.51. The predicted molar refractivity (Wildman–Crippen MR) is 114 cm³/mol. The number of benzene rings is 3. The van der Waals surface area contributed by atoms with Crippen LogP contribution >= 0.6 is 0 Å². The van der Waals surface area contributed by atoms with Crippen LogP contribution in [-0.2, 0) is 11.3 Å². The lowest BCUT2D eigenvalue weighted by Crippen LogP contribution is -2.42. The molecule has 28 heavy (non-hydrogen) atoms. The molecule has 144 valence electrons. The second kappa shape index (κ2) is 9.72. The van der Waals surface area contributed by atoms with Crippen LogP contribution in [0.15, 0.2) is 91.0 Å². The Hall–Kier alpha value is -3.11. The molecular weight excluding hydrogens is 348 g/mol. The second-order valence-electron chi connectivity index (χ2n) is 6.87. The van der Waals surface area contributed by atoms with E-state index >= 15 is 0 Å². The molecule has 1 N–H and O–H groups in total. The number of aliphatic hydroxyl groups is 1. The van der Waals surface area contributed by atoms with Crippen LogP contribution < -0.4 is 9.80 Å². The van der Waals surface area contributed by atoms with Crippen LogP contribution in [0.3, 0.4) is 0 Å². The van der Waals surface area contributed by atoms with E-state index < -0.39 is 6.10 Å². The molecule has 0 aliphatic carbocycles. The normalized spacial score (nSPS) is 11.6. The molecule has 1 unspecified atom stereocenters. The maximum absolute atomic E-state index is 13.3. The first-order chi connectivity index (χ1) is 13.6. The molecule has 0 heterocycles. The SMILES string of the molecule is CC(O)CN(CC(=O)N(Cc1ccccc1)c1ccccc1)c1ccccc1. The van der Waals surface area contributed by atoms with Gasteiger partial charge in [0.15, 0.2) is 0 Å². The van der Waals surface area contributed by atoms with Gasteiger partial charge >= 0.3 is 0 Å². The van der Waals surface area contributed by atoms with Crippen molar-refractivity contribution in [2.75, 3.05) is 22.9 Å². The van der Waals surface area contributed by atoms with Gasteiger partial charge in [-0.15, -0.1) is 0 Å². The molecule has 0 radical (unpaired) electrons. The second-order valence-corrected chi connectivity index (χ2v) is 6.87. The molecule has 3 aromatic carbocycles. The molecule has 0 aliphatic heterocycles. The van der Waals surface area contributed by atoms with E-state index in [1.165, 1.54) is 0 Å². The number of aliphatic hydroxyl groups excluding tert-OH is 1. The summed E-state index contributed by atoms with van der Waals surface area (Å²) in [5.74, 6) is -0.0143. The number of para-hydroxylation sites is 2. The molecule has 0 bridgehead atoms. The van der Waals surface area contributed by atoms with Crippen molar-refractivity contribution < 1.29 is 9.90 Å². The maximum Gasteiger partial charge on any atom is 0.246 e. The number of rotatable bonds is 8. The highest BCUT2D eigenvalue weighted by Crippen LogP contribution is 2.19. The van der Waals surface area contributed by atoms with Gasteiger partial charge in [-0.2, -0.15) is 0 Å². The van der Waals surface area contributed by atoms with Crippen molar-refractivity contribution >= 4 is 17.3 Å². The molecule has 1 atom stereocenters. The van der Waals surface area contributed by atoms with Crippen molar-refractivity contribution in [2.45, 2.75) is 19.6 Å². The van der Waals surface area contributed by atoms with Crippen LogP contribution in [0, 0.1) is 0 Å². The summed E-state index contributed by atoms with van der Waals surface area (Å²) < 4.78 is 0. The largest absolute Gasteiger partial charge is 0.392 e.